The van der Waals surface area contributed by atoms with Crippen LogP contribution in [0.1, 0.15) is 18.9 Å². The molecule has 0 aliphatic carbocycles. The van der Waals surface area contributed by atoms with Crippen LogP contribution in [0.15, 0.2) is 23.1 Å². The third-order valence-electron chi connectivity index (χ3n) is 2.02. The smallest absolute Gasteiger partial charge is 0.264 e. The van der Waals surface area contributed by atoms with Gasteiger partial charge in [0.15, 0.2) is 0 Å². The van der Waals surface area contributed by atoms with Crippen molar-refractivity contribution in [2.24, 2.45) is 0 Å². The van der Waals surface area contributed by atoms with Gasteiger partial charge in [0.2, 0.25) is 0 Å². The van der Waals surface area contributed by atoms with Crippen LogP contribution >= 0.6 is 10.7 Å². The van der Waals surface area contributed by atoms with Crippen LogP contribution in [0.2, 0.25) is 0 Å². The van der Waals surface area contributed by atoms with E-state index in [-0.39, 0.29) is 10.6 Å². The van der Waals surface area contributed by atoms with E-state index in [9.17, 15) is 8.42 Å². The first-order chi connectivity index (χ1) is 7.95. The average molecular weight is 273 g/mol. The lowest BCUT2D eigenvalue weighted by Crippen LogP contribution is -2.01. The maximum absolute atomic E-state index is 11.4. The van der Waals surface area contributed by atoms with E-state index in [1.165, 1.54) is 6.07 Å². The van der Waals surface area contributed by atoms with Crippen LogP contribution in [0.5, 0.6) is 5.75 Å². The van der Waals surface area contributed by atoms with E-state index in [1.54, 1.807) is 26.0 Å². The van der Waals surface area contributed by atoms with Crippen molar-refractivity contribution in [3.05, 3.63) is 23.8 Å². The summed E-state index contributed by atoms with van der Waals surface area (Å²) in [6.07, 6.45) is 0.548. The molecule has 0 spiro atoms. The second kappa shape index (κ2) is 5.95. The van der Waals surface area contributed by atoms with Crippen LogP contribution in [0.25, 0.3) is 0 Å². The summed E-state index contributed by atoms with van der Waals surface area (Å²) in [5.41, 5.74) is 0.810. The van der Waals surface area contributed by atoms with Crippen LogP contribution in [-0.2, 0) is 9.05 Å². The summed E-state index contributed by atoms with van der Waals surface area (Å²) in [5.74, 6) is 5.83. The van der Waals surface area contributed by atoms with Gasteiger partial charge in [0.1, 0.15) is 10.6 Å². The molecule has 5 heteroatoms. The molecular weight excluding hydrogens is 260 g/mol. The molecule has 17 heavy (non-hydrogen) atoms. The molecule has 92 valence electrons. The van der Waals surface area contributed by atoms with Gasteiger partial charge in [-0.25, -0.2) is 8.42 Å². The quantitative estimate of drug-likeness (QED) is 0.481. The lowest BCUT2D eigenvalue weighted by Gasteiger charge is -2.08. The molecule has 0 aliphatic heterocycles. The topological polar surface area (TPSA) is 43.4 Å². The maximum atomic E-state index is 11.4. The predicted molar refractivity (Wildman–Crippen MR) is 67.8 cm³/mol. The van der Waals surface area contributed by atoms with Crippen LogP contribution in [-0.4, -0.2) is 15.0 Å². The number of ether oxygens (including phenoxy) is 1. The fourth-order valence-corrected chi connectivity index (χ4v) is 2.32. The summed E-state index contributed by atoms with van der Waals surface area (Å²) >= 11 is 0. The highest BCUT2D eigenvalue weighted by atomic mass is 35.7. The van der Waals surface area contributed by atoms with Gasteiger partial charge in [0.25, 0.3) is 9.05 Å². The van der Waals surface area contributed by atoms with Crippen LogP contribution < -0.4 is 4.74 Å². The standard InChI is InChI=1S/C12H13ClO3S/c1-3-4-5-8-16-11-7-6-10(2)9-12(11)17(13,14)15/h6-7,9H,5,8H2,1-2H3. The van der Waals surface area contributed by atoms with Crippen molar-refractivity contribution >= 4 is 19.7 Å². The van der Waals surface area contributed by atoms with E-state index < -0.39 is 9.05 Å². The molecule has 0 heterocycles. The Hall–Kier alpha value is -1.18. The molecule has 0 N–H and O–H groups in total. The molecular formula is C12H13ClO3S. The molecule has 0 aliphatic rings. The minimum absolute atomic E-state index is 0.00336. The summed E-state index contributed by atoms with van der Waals surface area (Å²) in [4.78, 5) is 0.00336. The van der Waals surface area contributed by atoms with E-state index in [2.05, 4.69) is 11.8 Å². The zero-order valence-corrected chi connectivity index (χ0v) is 11.2. The number of rotatable bonds is 4. The first-order valence-corrected chi connectivity index (χ1v) is 7.34. The Labute approximate surface area is 106 Å². The van der Waals surface area contributed by atoms with Crippen LogP contribution in [0.4, 0.5) is 0 Å². The van der Waals surface area contributed by atoms with E-state index in [0.29, 0.717) is 13.0 Å². The molecule has 0 unspecified atom stereocenters. The fourth-order valence-electron chi connectivity index (χ4n) is 1.26. The van der Waals surface area contributed by atoms with Crippen molar-refractivity contribution in [3.63, 3.8) is 0 Å². The largest absolute Gasteiger partial charge is 0.491 e. The molecule has 0 aromatic heterocycles. The fraction of sp³-hybridized carbons (Fsp3) is 0.333. The Kier molecular flexibility index (Phi) is 4.86. The lowest BCUT2D eigenvalue weighted by atomic mass is 10.2. The molecule has 0 atom stereocenters. The Balaban J connectivity index is 2.94. The summed E-state index contributed by atoms with van der Waals surface area (Å²) in [6.45, 7) is 3.86. The van der Waals surface area contributed by atoms with Gasteiger partial charge in [-0.15, -0.1) is 11.8 Å². The van der Waals surface area contributed by atoms with Gasteiger partial charge >= 0.3 is 0 Å². The highest BCUT2D eigenvalue weighted by Crippen LogP contribution is 2.27. The van der Waals surface area contributed by atoms with Crippen molar-refractivity contribution in [1.29, 1.82) is 0 Å². The van der Waals surface area contributed by atoms with Crippen molar-refractivity contribution in [2.45, 2.75) is 25.2 Å². The number of hydrogen-bond acceptors (Lipinski definition) is 3. The highest BCUT2D eigenvalue weighted by molar-refractivity contribution is 8.13. The first kappa shape index (κ1) is 13.9. The number of halogens is 1. The molecule has 0 fully saturated rings. The van der Waals surface area contributed by atoms with Crippen LogP contribution in [0, 0.1) is 18.8 Å². The van der Waals surface area contributed by atoms with Gasteiger partial charge < -0.3 is 4.74 Å². The summed E-state index contributed by atoms with van der Waals surface area (Å²) in [5, 5.41) is 0. The van der Waals surface area contributed by atoms with Gasteiger partial charge in [-0.2, -0.15) is 0 Å². The maximum Gasteiger partial charge on any atom is 0.264 e. The third kappa shape index (κ3) is 4.29. The Morgan fingerprint density at radius 2 is 2.12 bits per heavy atom. The summed E-state index contributed by atoms with van der Waals surface area (Å²) in [6, 6.07) is 4.86. The number of benzene rings is 1. The molecule has 0 radical (unpaired) electrons. The van der Waals surface area contributed by atoms with E-state index in [1.807, 2.05) is 0 Å². The molecule has 1 rings (SSSR count). The highest BCUT2D eigenvalue weighted by Gasteiger charge is 2.16. The zero-order chi connectivity index (χ0) is 12.9. The summed E-state index contributed by atoms with van der Waals surface area (Å²) < 4.78 is 28.1. The van der Waals surface area contributed by atoms with Crippen molar-refractivity contribution < 1.29 is 13.2 Å². The molecule has 0 amide bonds. The monoisotopic (exact) mass is 272 g/mol. The van der Waals surface area contributed by atoms with Gasteiger partial charge in [0, 0.05) is 17.1 Å². The predicted octanol–water partition coefficient (Wildman–Crippen LogP) is 2.71. The van der Waals surface area contributed by atoms with Gasteiger partial charge in [-0.05, 0) is 31.5 Å². The number of aryl methyl sites for hydroxylation is 1. The molecule has 0 bridgehead atoms. The third-order valence-corrected chi connectivity index (χ3v) is 3.37. The SMILES string of the molecule is CC#CCCOc1ccc(C)cc1S(=O)(=O)Cl. The Morgan fingerprint density at radius 3 is 2.71 bits per heavy atom. The van der Waals surface area contributed by atoms with E-state index in [0.717, 1.165) is 5.56 Å². The minimum atomic E-state index is -3.79. The van der Waals surface area contributed by atoms with Crippen molar-refractivity contribution in [1.82, 2.24) is 0 Å². The second-order valence-corrected chi connectivity index (χ2v) is 5.95. The average Bonchev–Trinajstić information content (AvgIpc) is 2.25. The Bertz CT molecular complexity index is 553. The minimum Gasteiger partial charge on any atom is -0.491 e. The number of hydrogen-bond donors (Lipinski definition) is 0. The molecule has 1 aromatic rings. The molecule has 0 saturated carbocycles. The van der Waals surface area contributed by atoms with Crippen molar-refractivity contribution in [2.75, 3.05) is 6.61 Å². The molecule has 3 nitrogen and oxygen atoms in total. The summed E-state index contributed by atoms with van der Waals surface area (Å²) in [7, 11) is 1.55. The molecule has 0 saturated heterocycles. The zero-order valence-electron chi connectivity index (χ0n) is 9.66. The second-order valence-electron chi connectivity index (χ2n) is 3.41. The van der Waals surface area contributed by atoms with Crippen molar-refractivity contribution in [3.8, 4) is 17.6 Å². The normalized spacial score (nSPS) is 10.5. The van der Waals surface area contributed by atoms with E-state index in [4.69, 9.17) is 15.4 Å². The van der Waals surface area contributed by atoms with Crippen LogP contribution in [0.3, 0.4) is 0 Å². The van der Waals surface area contributed by atoms with Gasteiger partial charge in [-0.1, -0.05) is 6.07 Å². The lowest BCUT2D eigenvalue weighted by molar-refractivity contribution is 0.319. The van der Waals surface area contributed by atoms with Gasteiger partial charge in [0.05, 0.1) is 6.61 Å². The molecule has 1 aromatic carbocycles. The van der Waals surface area contributed by atoms with Gasteiger partial charge in [-0.3, -0.25) is 0 Å². The Morgan fingerprint density at radius 1 is 1.41 bits per heavy atom. The first-order valence-electron chi connectivity index (χ1n) is 5.03. The van der Waals surface area contributed by atoms with E-state index >= 15 is 0 Å².